The van der Waals surface area contributed by atoms with E-state index in [4.69, 9.17) is 14.2 Å². The molecule has 0 fully saturated rings. The molecule has 3 aromatic carbocycles. The van der Waals surface area contributed by atoms with Crippen molar-refractivity contribution in [3.8, 4) is 28.4 Å². The van der Waals surface area contributed by atoms with Crippen LogP contribution in [0.4, 0.5) is 0 Å². The Balaban J connectivity index is 1.71. The van der Waals surface area contributed by atoms with Gasteiger partial charge in [0.25, 0.3) is 0 Å². The standard InChI is InChI=1S/C25H26O4/c1-4-18(2)20-13-15-21(16-14-20)27-17-28-24-11-7-5-9-22(24)23-10-6-8-12-25(23)29-19(3)26/h5-16,18H,4,17H2,1-3H3. The van der Waals surface area contributed by atoms with Crippen LogP contribution < -0.4 is 14.2 Å². The number of carbonyl (C=O) groups is 1. The lowest BCUT2D eigenvalue weighted by molar-refractivity contribution is -0.131. The zero-order valence-corrected chi connectivity index (χ0v) is 17.1. The number of hydrogen-bond donors (Lipinski definition) is 0. The minimum absolute atomic E-state index is 0.0788. The number of para-hydroxylation sites is 2. The van der Waals surface area contributed by atoms with Crippen molar-refractivity contribution in [2.75, 3.05) is 6.79 Å². The van der Waals surface area contributed by atoms with Gasteiger partial charge in [0.1, 0.15) is 17.2 Å². The van der Waals surface area contributed by atoms with Gasteiger partial charge in [-0.1, -0.05) is 62.4 Å². The van der Waals surface area contributed by atoms with E-state index in [2.05, 4.69) is 26.0 Å². The fourth-order valence-electron chi connectivity index (χ4n) is 3.04. The Labute approximate surface area is 172 Å². The summed E-state index contributed by atoms with van der Waals surface area (Å²) in [4.78, 5) is 11.4. The number of carbonyl (C=O) groups excluding carboxylic acids is 1. The Morgan fingerprint density at radius 2 is 1.41 bits per heavy atom. The molecule has 4 heteroatoms. The van der Waals surface area contributed by atoms with E-state index >= 15 is 0 Å². The summed E-state index contributed by atoms with van der Waals surface area (Å²) in [6, 6.07) is 23.1. The number of esters is 1. The molecule has 1 unspecified atom stereocenters. The fourth-order valence-corrected chi connectivity index (χ4v) is 3.04. The smallest absolute Gasteiger partial charge is 0.308 e. The number of rotatable bonds is 8. The molecule has 29 heavy (non-hydrogen) atoms. The van der Waals surface area contributed by atoms with Crippen LogP contribution in [0, 0.1) is 0 Å². The van der Waals surface area contributed by atoms with Gasteiger partial charge in [0.05, 0.1) is 0 Å². The third kappa shape index (κ3) is 5.38. The molecule has 0 saturated heterocycles. The van der Waals surface area contributed by atoms with Crippen LogP contribution in [0.25, 0.3) is 11.1 Å². The minimum Gasteiger partial charge on any atom is -0.458 e. The van der Waals surface area contributed by atoms with Crippen LogP contribution in [0.5, 0.6) is 17.2 Å². The lowest BCUT2D eigenvalue weighted by Crippen LogP contribution is -2.07. The monoisotopic (exact) mass is 390 g/mol. The maximum absolute atomic E-state index is 11.4. The molecule has 0 bridgehead atoms. The van der Waals surface area contributed by atoms with Crippen molar-refractivity contribution in [3.63, 3.8) is 0 Å². The third-order valence-corrected chi connectivity index (χ3v) is 4.82. The molecule has 0 heterocycles. The average molecular weight is 390 g/mol. The second-order valence-corrected chi connectivity index (χ2v) is 6.87. The first-order chi connectivity index (χ1) is 14.1. The highest BCUT2D eigenvalue weighted by atomic mass is 16.7. The van der Waals surface area contributed by atoms with Crippen LogP contribution in [0.1, 0.15) is 38.7 Å². The van der Waals surface area contributed by atoms with Crippen molar-refractivity contribution in [2.24, 2.45) is 0 Å². The normalized spacial score (nSPS) is 11.6. The van der Waals surface area contributed by atoms with Crippen molar-refractivity contribution < 1.29 is 19.0 Å². The largest absolute Gasteiger partial charge is 0.458 e. The summed E-state index contributed by atoms with van der Waals surface area (Å²) < 4.78 is 17.0. The summed E-state index contributed by atoms with van der Waals surface area (Å²) in [7, 11) is 0. The van der Waals surface area contributed by atoms with E-state index in [1.54, 1.807) is 6.07 Å². The fraction of sp³-hybridized carbons (Fsp3) is 0.240. The Bertz CT molecular complexity index is 947. The van der Waals surface area contributed by atoms with E-state index in [0.717, 1.165) is 23.3 Å². The molecular formula is C25H26O4. The van der Waals surface area contributed by atoms with Crippen molar-refractivity contribution >= 4 is 5.97 Å². The molecule has 3 aromatic rings. The maximum Gasteiger partial charge on any atom is 0.308 e. The van der Waals surface area contributed by atoms with E-state index in [0.29, 0.717) is 17.4 Å². The van der Waals surface area contributed by atoms with Crippen LogP contribution in [-0.2, 0) is 4.79 Å². The summed E-state index contributed by atoms with van der Waals surface area (Å²) in [5.41, 5.74) is 2.92. The predicted molar refractivity (Wildman–Crippen MR) is 114 cm³/mol. The Hall–Kier alpha value is -3.27. The van der Waals surface area contributed by atoms with Crippen molar-refractivity contribution in [1.29, 1.82) is 0 Å². The van der Waals surface area contributed by atoms with E-state index in [-0.39, 0.29) is 12.8 Å². The molecule has 0 saturated carbocycles. The second-order valence-electron chi connectivity index (χ2n) is 6.87. The topological polar surface area (TPSA) is 44.8 Å². The molecule has 0 N–H and O–H groups in total. The molecule has 1 atom stereocenters. The highest BCUT2D eigenvalue weighted by molar-refractivity contribution is 5.79. The zero-order chi connectivity index (χ0) is 20.6. The van der Waals surface area contributed by atoms with Gasteiger partial charge in [-0.15, -0.1) is 0 Å². The Morgan fingerprint density at radius 3 is 2.03 bits per heavy atom. The second kappa shape index (κ2) is 9.78. The molecule has 3 rings (SSSR count). The number of benzene rings is 3. The summed E-state index contributed by atoms with van der Waals surface area (Å²) >= 11 is 0. The molecule has 0 aliphatic heterocycles. The zero-order valence-electron chi connectivity index (χ0n) is 17.1. The molecule has 0 spiro atoms. The summed E-state index contributed by atoms with van der Waals surface area (Å²) in [6.07, 6.45) is 1.11. The molecule has 4 nitrogen and oxygen atoms in total. The molecular weight excluding hydrogens is 364 g/mol. The molecule has 0 amide bonds. The molecule has 0 radical (unpaired) electrons. The van der Waals surface area contributed by atoms with Gasteiger partial charge in [0.2, 0.25) is 6.79 Å². The Kier molecular flexibility index (Phi) is 6.90. The van der Waals surface area contributed by atoms with Crippen LogP contribution in [0.3, 0.4) is 0 Å². The van der Waals surface area contributed by atoms with Gasteiger partial charge in [-0.3, -0.25) is 4.79 Å². The summed E-state index contributed by atoms with van der Waals surface area (Å²) in [5, 5.41) is 0. The van der Waals surface area contributed by atoms with Crippen LogP contribution in [0.2, 0.25) is 0 Å². The lowest BCUT2D eigenvalue weighted by atomic mass is 9.99. The van der Waals surface area contributed by atoms with Crippen molar-refractivity contribution in [3.05, 3.63) is 78.4 Å². The third-order valence-electron chi connectivity index (χ3n) is 4.82. The quantitative estimate of drug-likeness (QED) is 0.261. The first-order valence-electron chi connectivity index (χ1n) is 9.81. The van der Waals surface area contributed by atoms with Gasteiger partial charge in [0.15, 0.2) is 0 Å². The van der Waals surface area contributed by atoms with Gasteiger partial charge in [-0.05, 0) is 42.2 Å². The molecule has 0 aromatic heterocycles. The van der Waals surface area contributed by atoms with E-state index in [1.165, 1.54) is 12.5 Å². The van der Waals surface area contributed by atoms with Crippen LogP contribution >= 0.6 is 0 Å². The lowest BCUT2D eigenvalue weighted by Gasteiger charge is -2.15. The highest BCUT2D eigenvalue weighted by Crippen LogP contribution is 2.36. The number of ether oxygens (including phenoxy) is 3. The van der Waals surface area contributed by atoms with E-state index in [1.807, 2.05) is 54.6 Å². The molecule has 150 valence electrons. The first-order valence-corrected chi connectivity index (χ1v) is 9.81. The predicted octanol–water partition coefficient (Wildman–Crippen LogP) is 6.21. The minimum atomic E-state index is -0.361. The summed E-state index contributed by atoms with van der Waals surface area (Å²) in [5.74, 6) is 2.08. The molecule has 0 aliphatic rings. The first kappa shape index (κ1) is 20.5. The summed E-state index contributed by atoms with van der Waals surface area (Å²) in [6.45, 7) is 5.86. The van der Waals surface area contributed by atoms with Crippen molar-refractivity contribution in [1.82, 2.24) is 0 Å². The van der Waals surface area contributed by atoms with Crippen molar-refractivity contribution in [2.45, 2.75) is 33.1 Å². The van der Waals surface area contributed by atoms with E-state index in [9.17, 15) is 4.79 Å². The molecule has 0 aliphatic carbocycles. The van der Waals surface area contributed by atoms with Gasteiger partial charge in [0, 0.05) is 18.1 Å². The Morgan fingerprint density at radius 1 is 0.828 bits per heavy atom. The number of hydrogen-bond acceptors (Lipinski definition) is 4. The average Bonchev–Trinajstić information content (AvgIpc) is 2.74. The van der Waals surface area contributed by atoms with Gasteiger partial charge in [-0.25, -0.2) is 0 Å². The van der Waals surface area contributed by atoms with Gasteiger partial charge < -0.3 is 14.2 Å². The van der Waals surface area contributed by atoms with Gasteiger partial charge in [-0.2, -0.15) is 0 Å². The maximum atomic E-state index is 11.4. The van der Waals surface area contributed by atoms with E-state index < -0.39 is 0 Å². The highest BCUT2D eigenvalue weighted by Gasteiger charge is 2.12. The van der Waals surface area contributed by atoms with Crippen LogP contribution in [0.15, 0.2) is 72.8 Å². The van der Waals surface area contributed by atoms with Crippen LogP contribution in [-0.4, -0.2) is 12.8 Å². The SMILES string of the molecule is CCC(C)c1ccc(OCOc2ccccc2-c2ccccc2OC(C)=O)cc1. The van der Waals surface area contributed by atoms with Gasteiger partial charge >= 0.3 is 5.97 Å².